The standard InChI is InChI=1S/C16H19FN2O/c1-12-5-7-19(8-6-12)10-15-11-20-16(18-15)13-3-2-4-14(17)9-13/h2-4,9,11-12H,5-8,10H2,1H3. The Labute approximate surface area is 118 Å². The van der Waals surface area contributed by atoms with Crippen molar-refractivity contribution in [3.8, 4) is 11.5 Å². The van der Waals surface area contributed by atoms with Crippen molar-refractivity contribution >= 4 is 0 Å². The van der Waals surface area contributed by atoms with Gasteiger partial charge in [0.2, 0.25) is 5.89 Å². The van der Waals surface area contributed by atoms with E-state index in [1.165, 1.54) is 25.0 Å². The highest BCUT2D eigenvalue weighted by Crippen LogP contribution is 2.22. The van der Waals surface area contributed by atoms with Gasteiger partial charge in [-0.2, -0.15) is 0 Å². The first-order chi connectivity index (χ1) is 9.70. The van der Waals surface area contributed by atoms with E-state index in [1.54, 1.807) is 18.4 Å². The summed E-state index contributed by atoms with van der Waals surface area (Å²) >= 11 is 0. The van der Waals surface area contributed by atoms with E-state index in [0.717, 1.165) is 31.2 Å². The van der Waals surface area contributed by atoms with E-state index in [-0.39, 0.29) is 5.82 Å². The van der Waals surface area contributed by atoms with E-state index in [1.807, 2.05) is 0 Å². The minimum Gasteiger partial charge on any atom is -0.444 e. The predicted octanol–water partition coefficient (Wildman–Crippen LogP) is 3.71. The van der Waals surface area contributed by atoms with Gasteiger partial charge in [0.25, 0.3) is 0 Å². The molecule has 2 aromatic rings. The molecular weight excluding hydrogens is 255 g/mol. The van der Waals surface area contributed by atoms with E-state index >= 15 is 0 Å². The molecule has 1 aliphatic heterocycles. The fourth-order valence-corrected chi connectivity index (χ4v) is 2.58. The van der Waals surface area contributed by atoms with Crippen LogP contribution >= 0.6 is 0 Å². The van der Waals surface area contributed by atoms with Gasteiger partial charge in [-0.1, -0.05) is 13.0 Å². The van der Waals surface area contributed by atoms with Gasteiger partial charge in [-0.05, 0) is 50.0 Å². The zero-order valence-electron chi connectivity index (χ0n) is 11.7. The Hall–Kier alpha value is -1.68. The SMILES string of the molecule is CC1CCN(Cc2coc(-c3cccc(F)c3)n2)CC1. The molecule has 2 heterocycles. The molecule has 3 rings (SSSR count). The lowest BCUT2D eigenvalue weighted by Crippen LogP contribution is -2.32. The number of likely N-dealkylation sites (tertiary alicyclic amines) is 1. The molecule has 0 radical (unpaired) electrons. The van der Waals surface area contributed by atoms with Gasteiger partial charge in [0, 0.05) is 12.1 Å². The molecule has 0 amide bonds. The van der Waals surface area contributed by atoms with Crippen molar-refractivity contribution < 1.29 is 8.81 Å². The molecule has 1 fully saturated rings. The van der Waals surface area contributed by atoms with Crippen molar-refractivity contribution in [3.63, 3.8) is 0 Å². The van der Waals surface area contributed by atoms with Gasteiger partial charge in [-0.15, -0.1) is 0 Å². The summed E-state index contributed by atoms with van der Waals surface area (Å²) in [5.41, 5.74) is 1.60. The summed E-state index contributed by atoms with van der Waals surface area (Å²) in [6, 6.07) is 6.34. The Bertz CT molecular complexity index is 573. The summed E-state index contributed by atoms with van der Waals surface area (Å²) in [4.78, 5) is 6.86. The first-order valence-electron chi connectivity index (χ1n) is 7.13. The lowest BCUT2D eigenvalue weighted by Gasteiger charge is -2.29. The van der Waals surface area contributed by atoms with Crippen molar-refractivity contribution in [2.24, 2.45) is 5.92 Å². The second-order valence-electron chi connectivity index (χ2n) is 5.61. The van der Waals surface area contributed by atoms with Crippen molar-refractivity contribution in [2.45, 2.75) is 26.3 Å². The number of oxazole rings is 1. The van der Waals surface area contributed by atoms with Crippen LogP contribution < -0.4 is 0 Å². The first-order valence-corrected chi connectivity index (χ1v) is 7.13. The van der Waals surface area contributed by atoms with Crippen LogP contribution in [0.3, 0.4) is 0 Å². The van der Waals surface area contributed by atoms with Gasteiger partial charge in [0.05, 0.1) is 5.69 Å². The summed E-state index contributed by atoms with van der Waals surface area (Å²) in [7, 11) is 0. The Kier molecular flexibility index (Phi) is 3.83. The quantitative estimate of drug-likeness (QED) is 0.854. The molecule has 4 heteroatoms. The van der Waals surface area contributed by atoms with Crippen LogP contribution in [0.15, 0.2) is 34.9 Å². The van der Waals surface area contributed by atoms with E-state index in [0.29, 0.717) is 11.5 Å². The molecule has 1 saturated heterocycles. The van der Waals surface area contributed by atoms with Gasteiger partial charge in [0.1, 0.15) is 12.1 Å². The van der Waals surface area contributed by atoms with Crippen molar-refractivity contribution in [3.05, 3.63) is 42.0 Å². The summed E-state index contributed by atoms with van der Waals surface area (Å²) in [6.45, 7) is 5.34. The minimum absolute atomic E-state index is 0.271. The number of rotatable bonds is 3. The van der Waals surface area contributed by atoms with Crippen LogP contribution in [-0.2, 0) is 6.54 Å². The molecule has 0 bridgehead atoms. The minimum atomic E-state index is -0.271. The maximum absolute atomic E-state index is 13.2. The fraction of sp³-hybridized carbons (Fsp3) is 0.438. The van der Waals surface area contributed by atoms with E-state index in [4.69, 9.17) is 4.42 Å². The molecule has 1 aromatic carbocycles. The van der Waals surface area contributed by atoms with Crippen LogP contribution in [0, 0.1) is 11.7 Å². The molecule has 0 N–H and O–H groups in total. The average molecular weight is 274 g/mol. The zero-order valence-corrected chi connectivity index (χ0v) is 11.7. The number of hydrogen-bond acceptors (Lipinski definition) is 3. The van der Waals surface area contributed by atoms with Gasteiger partial charge in [-0.3, -0.25) is 4.90 Å². The topological polar surface area (TPSA) is 29.3 Å². The number of piperidine rings is 1. The highest BCUT2D eigenvalue weighted by Gasteiger charge is 2.17. The van der Waals surface area contributed by atoms with Crippen LogP contribution in [0.4, 0.5) is 4.39 Å². The monoisotopic (exact) mass is 274 g/mol. The Morgan fingerprint density at radius 2 is 2.15 bits per heavy atom. The number of halogens is 1. The molecule has 0 atom stereocenters. The van der Waals surface area contributed by atoms with Crippen molar-refractivity contribution in [2.75, 3.05) is 13.1 Å². The molecule has 0 spiro atoms. The number of benzene rings is 1. The molecule has 0 saturated carbocycles. The van der Waals surface area contributed by atoms with E-state index in [9.17, 15) is 4.39 Å². The molecule has 1 aromatic heterocycles. The highest BCUT2D eigenvalue weighted by molar-refractivity contribution is 5.52. The molecule has 0 unspecified atom stereocenters. The molecule has 106 valence electrons. The molecular formula is C16H19FN2O. The van der Waals surface area contributed by atoms with Crippen molar-refractivity contribution in [1.82, 2.24) is 9.88 Å². The van der Waals surface area contributed by atoms with Gasteiger partial charge >= 0.3 is 0 Å². The first kappa shape index (κ1) is 13.3. The summed E-state index contributed by atoms with van der Waals surface area (Å²) in [5.74, 6) is 1.04. The summed E-state index contributed by atoms with van der Waals surface area (Å²) in [6.07, 6.45) is 4.17. The maximum atomic E-state index is 13.2. The summed E-state index contributed by atoms with van der Waals surface area (Å²) in [5, 5.41) is 0. The normalized spacial score (nSPS) is 17.5. The van der Waals surface area contributed by atoms with E-state index < -0.39 is 0 Å². The maximum Gasteiger partial charge on any atom is 0.226 e. The highest BCUT2D eigenvalue weighted by atomic mass is 19.1. The number of nitrogens with zero attached hydrogens (tertiary/aromatic N) is 2. The van der Waals surface area contributed by atoms with Crippen LogP contribution in [0.2, 0.25) is 0 Å². The van der Waals surface area contributed by atoms with Gasteiger partial charge in [-0.25, -0.2) is 9.37 Å². The third kappa shape index (κ3) is 3.07. The third-order valence-corrected chi connectivity index (χ3v) is 3.89. The predicted molar refractivity (Wildman–Crippen MR) is 75.6 cm³/mol. The van der Waals surface area contributed by atoms with Crippen LogP contribution in [0.1, 0.15) is 25.5 Å². The molecule has 20 heavy (non-hydrogen) atoms. The molecule has 1 aliphatic rings. The smallest absolute Gasteiger partial charge is 0.226 e. The van der Waals surface area contributed by atoms with Crippen molar-refractivity contribution in [1.29, 1.82) is 0 Å². The number of hydrogen-bond donors (Lipinski definition) is 0. The second kappa shape index (κ2) is 5.75. The Morgan fingerprint density at radius 1 is 1.35 bits per heavy atom. The largest absolute Gasteiger partial charge is 0.444 e. The van der Waals surface area contributed by atoms with Crippen LogP contribution in [-0.4, -0.2) is 23.0 Å². The fourth-order valence-electron chi connectivity index (χ4n) is 2.58. The molecule has 0 aliphatic carbocycles. The Morgan fingerprint density at radius 3 is 2.90 bits per heavy atom. The Balaban J connectivity index is 1.68. The lowest BCUT2D eigenvalue weighted by molar-refractivity contribution is 0.183. The third-order valence-electron chi connectivity index (χ3n) is 3.89. The second-order valence-corrected chi connectivity index (χ2v) is 5.61. The zero-order chi connectivity index (χ0) is 13.9. The number of aromatic nitrogens is 1. The van der Waals surface area contributed by atoms with Crippen LogP contribution in [0.5, 0.6) is 0 Å². The molecule has 3 nitrogen and oxygen atoms in total. The van der Waals surface area contributed by atoms with Gasteiger partial charge < -0.3 is 4.42 Å². The summed E-state index contributed by atoms with van der Waals surface area (Å²) < 4.78 is 18.7. The lowest BCUT2D eigenvalue weighted by atomic mass is 9.99. The van der Waals surface area contributed by atoms with E-state index in [2.05, 4.69) is 16.8 Å². The average Bonchev–Trinajstić information content (AvgIpc) is 2.90. The van der Waals surface area contributed by atoms with Crippen LogP contribution in [0.25, 0.3) is 11.5 Å². The van der Waals surface area contributed by atoms with Gasteiger partial charge in [0.15, 0.2) is 0 Å².